The van der Waals surface area contributed by atoms with Gasteiger partial charge in [0.15, 0.2) is 0 Å². The van der Waals surface area contributed by atoms with Crippen LogP contribution in [-0.4, -0.2) is 28.9 Å². The van der Waals surface area contributed by atoms with Crippen LogP contribution in [0.3, 0.4) is 0 Å². The maximum Gasteiger partial charge on any atom is 0.122 e. The maximum absolute atomic E-state index is 11.2. The number of hydrogen-bond donors (Lipinski definition) is 1. The molecule has 0 aromatic heterocycles. The molecule has 100 valence electrons. The summed E-state index contributed by atoms with van der Waals surface area (Å²) < 4.78 is 16.7. The van der Waals surface area contributed by atoms with E-state index in [9.17, 15) is 4.21 Å². The van der Waals surface area contributed by atoms with Gasteiger partial charge in [-0.3, -0.25) is 4.21 Å². The van der Waals surface area contributed by atoms with E-state index >= 15 is 0 Å². The van der Waals surface area contributed by atoms with E-state index in [1.165, 1.54) is 11.1 Å². The fourth-order valence-electron chi connectivity index (χ4n) is 2.05. The van der Waals surface area contributed by atoms with Crippen molar-refractivity contribution in [1.82, 2.24) is 5.32 Å². The van der Waals surface area contributed by atoms with Crippen molar-refractivity contribution in [2.75, 3.05) is 19.4 Å². The minimum atomic E-state index is -0.715. The van der Waals surface area contributed by atoms with E-state index in [0.717, 1.165) is 38.3 Å². The van der Waals surface area contributed by atoms with Crippen LogP contribution in [-0.2, 0) is 23.8 Å². The molecule has 0 saturated heterocycles. The van der Waals surface area contributed by atoms with Crippen molar-refractivity contribution < 1.29 is 8.95 Å². The van der Waals surface area contributed by atoms with Crippen LogP contribution in [0, 0.1) is 0 Å². The second kappa shape index (κ2) is 6.34. The Morgan fingerprint density at radius 2 is 2.33 bits per heavy atom. The fourth-order valence-corrected chi connectivity index (χ4v) is 2.50. The second-order valence-electron chi connectivity index (χ2n) is 4.82. The SMILES string of the molecule is CC(CCNCc1ccc2c(c1)CCO2)S(C)=O. The summed E-state index contributed by atoms with van der Waals surface area (Å²) in [5, 5.41) is 3.67. The zero-order chi connectivity index (χ0) is 13.0. The highest BCUT2D eigenvalue weighted by Crippen LogP contribution is 2.25. The van der Waals surface area contributed by atoms with Gasteiger partial charge in [0.2, 0.25) is 0 Å². The first-order valence-corrected chi connectivity index (χ1v) is 8.06. The molecule has 0 amide bonds. The molecule has 1 heterocycles. The van der Waals surface area contributed by atoms with Gasteiger partial charge in [-0.05, 0) is 30.2 Å². The molecule has 2 unspecified atom stereocenters. The highest BCUT2D eigenvalue weighted by Gasteiger charge is 2.11. The van der Waals surface area contributed by atoms with Gasteiger partial charge >= 0.3 is 0 Å². The summed E-state index contributed by atoms with van der Waals surface area (Å²) >= 11 is 0. The smallest absolute Gasteiger partial charge is 0.122 e. The molecular formula is C14H21NO2S. The maximum atomic E-state index is 11.2. The molecule has 2 atom stereocenters. The van der Waals surface area contributed by atoms with Crippen LogP contribution in [0.4, 0.5) is 0 Å². The van der Waals surface area contributed by atoms with Gasteiger partial charge < -0.3 is 10.1 Å². The van der Waals surface area contributed by atoms with E-state index in [4.69, 9.17) is 4.74 Å². The highest BCUT2D eigenvalue weighted by atomic mass is 32.2. The lowest BCUT2D eigenvalue weighted by Gasteiger charge is -2.09. The van der Waals surface area contributed by atoms with Crippen LogP contribution in [0.1, 0.15) is 24.5 Å². The number of fused-ring (bicyclic) bond motifs is 1. The summed E-state index contributed by atoms with van der Waals surface area (Å²) in [4.78, 5) is 0. The third-order valence-electron chi connectivity index (χ3n) is 3.38. The van der Waals surface area contributed by atoms with Crippen molar-refractivity contribution >= 4 is 10.8 Å². The van der Waals surface area contributed by atoms with E-state index in [2.05, 4.69) is 23.5 Å². The second-order valence-corrected chi connectivity index (χ2v) is 6.62. The predicted octanol–water partition coefficient (Wildman–Crippen LogP) is 1.87. The number of ether oxygens (including phenoxy) is 1. The lowest BCUT2D eigenvalue weighted by atomic mass is 10.1. The highest BCUT2D eigenvalue weighted by molar-refractivity contribution is 7.84. The van der Waals surface area contributed by atoms with Crippen LogP contribution in [0.2, 0.25) is 0 Å². The first-order valence-electron chi connectivity index (χ1n) is 6.44. The van der Waals surface area contributed by atoms with E-state index in [1.807, 2.05) is 6.92 Å². The fraction of sp³-hybridized carbons (Fsp3) is 0.571. The lowest BCUT2D eigenvalue weighted by molar-refractivity contribution is 0.357. The van der Waals surface area contributed by atoms with Crippen molar-refractivity contribution in [3.8, 4) is 5.75 Å². The largest absolute Gasteiger partial charge is 0.493 e. The molecule has 0 radical (unpaired) electrons. The van der Waals surface area contributed by atoms with Crippen molar-refractivity contribution in [2.45, 2.75) is 31.6 Å². The van der Waals surface area contributed by atoms with E-state index in [-0.39, 0.29) is 5.25 Å². The minimum Gasteiger partial charge on any atom is -0.493 e. The van der Waals surface area contributed by atoms with Crippen molar-refractivity contribution in [3.63, 3.8) is 0 Å². The van der Waals surface area contributed by atoms with Gasteiger partial charge in [0.25, 0.3) is 0 Å². The molecule has 1 aromatic carbocycles. The van der Waals surface area contributed by atoms with Crippen LogP contribution >= 0.6 is 0 Å². The Morgan fingerprint density at radius 3 is 3.11 bits per heavy atom. The molecule has 1 N–H and O–H groups in total. The summed E-state index contributed by atoms with van der Waals surface area (Å²) in [7, 11) is -0.715. The van der Waals surface area contributed by atoms with Crippen molar-refractivity contribution in [1.29, 1.82) is 0 Å². The van der Waals surface area contributed by atoms with E-state index in [1.54, 1.807) is 6.26 Å². The molecule has 2 rings (SSSR count). The predicted molar refractivity (Wildman–Crippen MR) is 75.5 cm³/mol. The average molecular weight is 267 g/mol. The standard InChI is InChI=1S/C14H21NO2S/c1-11(18(2)16)5-7-15-10-12-3-4-14-13(9-12)6-8-17-14/h3-4,9,11,15H,5-8,10H2,1-2H3. The Kier molecular flexibility index (Phi) is 4.78. The molecule has 1 aliphatic heterocycles. The monoisotopic (exact) mass is 267 g/mol. The Morgan fingerprint density at radius 1 is 1.50 bits per heavy atom. The summed E-state index contributed by atoms with van der Waals surface area (Å²) in [5.74, 6) is 1.04. The molecule has 0 spiro atoms. The normalized spacial score (nSPS) is 17.0. The van der Waals surface area contributed by atoms with Crippen molar-refractivity contribution in [2.24, 2.45) is 0 Å². The van der Waals surface area contributed by atoms with Crippen molar-refractivity contribution in [3.05, 3.63) is 29.3 Å². The third-order valence-corrected chi connectivity index (χ3v) is 4.75. The minimum absolute atomic E-state index is 0.269. The summed E-state index contributed by atoms with van der Waals surface area (Å²) in [5.41, 5.74) is 2.61. The molecule has 0 fully saturated rings. The topological polar surface area (TPSA) is 38.3 Å². The summed E-state index contributed by atoms with van der Waals surface area (Å²) in [6, 6.07) is 6.39. The first kappa shape index (κ1) is 13.6. The summed E-state index contributed by atoms with van der Waals surface area (Å²) in [6.07, 6.45) is 3.75. The number of nitrogens with one attached hydrogen (secondary N) is 1. The zero-order valence-electron chi connectivity index (χ0n) is 11.1. The van der Waals surface area contributed by atoms with Gasteiger partial charge in [-0.2, -0.15) is 0 Å². The van der Waals surface area contributed by atoms with Gasteiger partial charge in [-0.25, -0.2) is 0 Å². The van der Waals surface area contributed by atoms with Crippen LogP contribution in [0.15, 0.2) is 18.2 Å². The Hall–Kier alpha value is -0.870. The molecule has 0 aliphatic carbocycles. The van der Waals surface area contributed by atoms with Gasteiger partial charge in [0.1, 0.15) is 5.75 Å². The quantitative estimate of drug-likeness (QED) is 0.800. The first-order chi connectivity index (χ1) is 8.66. The van der Waals surface area contributed by atoms with E-state index in [0.29, 0.717) is 0 Å². The van der Waals surface area contributed by atoms with Gasteiger partial charge in [0.05, 0.1) is 6.61 Å². The van der Waals surface area contributed by atoms with Crippen LogP contribution in [0.25, 0.3) is 0 Å². The van der Waals surface area contributed by atoms with Gasteiger partial charge in [0, 0.05) is 35.3 Å². The molecule has 0 saturated carbocycles. The van der Waals surface area contributed by atoms with E-state index < -0.39 is 10.8 Å². The van der Waals surface area contributed by atoms with Gasteiger partial charge in [-0.1, -0.05) is 19.1 Å². The Bertz CT molecular complexity index is 434. The lowest BCUT2D eigenvalue weighted by Crippen LogP contribution is -2.20. The zero-order valence-corrected chi connectivity index (χ0v) is 11.9. The number of benzene rings is 1. The third kappa shape index (κ3) is 3.56. The molecular weight excluding hydrogens is 246 g/mol. The Balaban J connectivity index is 1.75. The molecule has 4 heteroatoms. The van der Waals surface area contributed by atoms with Gasteiger partial charge in [-0.15, -0.1) is 0 Å². The molecule has 1 aliphatic rings. The molecule has 18 heavy (non-hydrogen) atoms. The number of rotatable bonds is 6. The number of hydrogen-bond acceptors (Lipinski definition) is 3. The van der Waals surface area contributed by atoms with Crippen LogP contribution in [0.5, 0.6) is 5.75 Å². The molecule has 1 aromatic rings. The summed E-state index contributed by atoms with van der Waals surface area (Å²) in [6.45, 7) is 4.63. The molecule has 3 nitrogen and oxygen atoms in total. The van der Waals surface area contributed by atoms with Crippen LogP contribution < -0.4 is 10.1 Å². The Labute approximate surface area is 111 Å². The molecule has 0 bridgehead atoms. The average Bonchev–Trinajstić information content (AvgIpc) is 2.81.